The van der Waals surface area contributed by atoms with Crippen molar-refractivity contribution < 1.29 is 13.5 Å². The van der Waals surface area contributed by atoms with Crippen LogP contribution in [0.1, 0.15) is 17.5 Å². The SMILES string of the molecule is Cc1ccc(S(=O)(=O)NCCCn2cccn2)cc1CO. The first kappa shape index (κ1) is 15.7. The van der Waals surface area contributed by atoms with Crippen LogP contribution in [0.3, 0.4) is 0 Å². The molecule has 0 aliphatic rings. The summed E-state index contributed by atoms with van der Waals surface area (Å²) < 4.78 is 28.6. The fourth-order valence-corrected chi connectivity index (χ4v) is 3.07. The molecule has 21 heavy (non-hydrogen) atoms. The third-order valence-electron chi connectivity index (χ3n) is 3.22. The van der Waals surface area contributed by atoms with Gasteiger partial charge in [0, 0.05) is 25.5 Å². The second-order valence-electron chi connectivity index (χ2n) is 4.77. The first-order valence-electron chi connectivity index (χ1n) is 6.70. The van der Waals surface area contributed by atoms with Crippen molar-refractivity contribution in [2.75, 3.05) is 6.54 Å². The van der Waals surface area contributed by atoms with E-state index in [4.69, 9.17) is 0 Å². The van der Waals surface area contributed by atoms with Gasteiger partial charge in [-0.15, -0.1) is 0 Å². The molecule has 2 aromatic rings. The molecule has 0 aliphatic heterocycles. The van der Waals surface area contributed by atoms with Gasteiger partial charge in [-0.1, -0.05) is 6.07 Å². The van der Waals surface area contributed by atoms with Crippen molar-refractivity contribution in [3.63, 3.8) is 0 Å². The van der Waals surface area contributed by atoms with Crippen molar-refractivity contribution in [1.82, 2.24) is 14.5 Å². The Bertz CT molecular complexity index is 681. The highest BCUT2D eigenvalue weighted by Gasteiger charge is 2.14. The summed E-state index contributed by atoms with van der Waals surface area (Å²) in [6.07, 6.45) is 4.18. The monoisotopic (exact) mass is 309 g/mol. The third-order valence-corrected chi connectivity index (χ3v) is 4.68. The van der Waals surface area contributed by atoms with Crippen LogP contribution >= 0.6 is 0 Å². The predicted octanol–water partition coefficient (Wildman–Crippen LogP) is 1.05. The third kappa shape index (κ3) is 4.13. The number of nitrogens with one attached hydrogen (secondary N) is 1. The standard InChI is InChI=1S/C14H19N3O3S/c1-12-4-5-14(10-13(12)11-18)21(19,20)16-7-3-9-17-8-2-6-15-17/h2,4-6,8,10,16,18H,3,7,9,11H2,1H3. The summed E-state index contributed by atoms with van der Waals surface area (Å²) in [6, 6.07) is 6.58. The molecule has 2 N–H and O–H groups in total. The van der Waals surface area contributed by atoms with E-state index in [1.165, 1.54) is 6.07 Å². The lowest BCUT2D eigenvalue weighted by atomic mass is 10.1. The number of rotatable bonds is 7. The molecule has 0 amide bonds. The smallest absolute Gasteiger partial charge is 0.240 e. The molecule has 7 heteroatoms. The van der Waals surface area contributed by atoms with E-state index < -0.39 is 10.0 Å². The summed E-state index contributed by atoms with van der Waals surface area (Å²) in [5.74, 6) is 0. The number of hydrogen-bond donors (Lipinski definition) is 2. The minimum atomic E-state index is -3.54. The van der Waals surface area contributed by atoms with Crippen molar-refractivity contribution >= 4 is 10.0 Å². The predicted molar refractivity (Wildman–Crippen MR) is 79.1 cm³/mol. The maximum atomic E-state index is 12.2. The normalized spacial score (nSPS) is 11.7. The molecular weight excluding hydrogens is 290 g/mol. The molecule has 1 aromatic carbocycles. The number of aromatic nitrogens is 2. The summed E-state index contributed by atoms with van der Waals surface area (Å²) in [7, 11) is -3.54. The van der Waals surface area contributed by atoms with Gasteiger partial charge < -0.3 is 5.11 Å². The minimum absolute atomic E-state index is 0.172. The average Bonchev–Trinajstić information content (AvgIpc) is 2.97. The van der Waals surface area contributed by atoms with Gasteiger partial charge in [-0.3, -0.25) is 4.68 Å². The highest BCUT2D eigenvalue weighted by molar-refractivity contribution is 7.89. The average molecular weight is 309 g/mol. The van der Waals surface area contributed by atoms with E-state index in [-0.39, 0.29) is 11.5 Å². The summed E-state index contributed by atoms with van der Waals surface area (Å²) in [4.78, 5) is 0.177. The van der Waals surface area contributed by atoms with Crippen LogP contribution in [-0.4, -0.2) is 29.8 Å². The molecule has 114 valence electrons. The molecule has 1 heterocycles. The summed E-state index contributed by atoms with van der Waals surface area (Å²) >= 11 is 0. The highest BCUT2D eigenvalue weighted by Crippen LogP contribution is 2.15. The van der Waals surface area contributed by atoms with E-state index in [0.717, 1.165) is 5.56 Å². The second kappa shape index (κ2) is 6.84. The largest absolute Gasteiger partial charge is 0.392 e. The van der Waals surface area contributed by atoms with Crippen LogP contribution in [0, 0.1) is 6.92 Å². The molecule has 0 saturated carbocycles. The van der Waals surface area contributed by atoms with Gasteiger partial charge in [0.2, 0.25) is 10.0 Å². The Morgan fingerprint density at radius 3 is 2.86 bits per heavy atom. The molecule has 0 bridgehead atoms. The molecule has 0 atom stereocenters. The first-order chi connectivity index (χ1) is 10.0. The zero-order chi connectivity index (χ0) is 15.3. The van der Waals surface area contributed by atoms with E-state index in [1.807, 2.05) is 19.2 Å². The Labute approximate surface area is 124 Å². The fourth-order valence-electron chi connectivity index (χ4n) is 1.95. The summed E-state index contributed by atoms with van der Waals surface area (Å²) in [6.45, 7) is 2.66. The van der Waals surface area contributed by atoms with Crippen molar-refractivity contribution in [3.05, 3.63) is 47.8 Å². The van der Waals surface area contributed by atoms with Crippen molar-refractivity contribution in [2.24, 2.45) is 0 Å². The van der Waals surface area contributed by atoms with Gasteiger partial charge >= 0.3 is 0 Å². The molecule has 0 saturated heterocycles. The molecule has 6 nitrogen and oxygen atoms in total. The van der Waals surface area contributed by atoms with Crippen molar-refractivity contribution in [3.8, 4) is 0 Å². The van der Waals surface area contributed by atoms with Gasteiger partial charge in [0.1, 0.15) is 0 Å². The van der Waals surface area contributed by atoms with Crippen LogP contribution in [0.2, 0.25) is 0 Å². The maximum absolute atomic E-state index is 12.2. The molecule has 0 unspecified atom stereocenters. The molecule has 0 spiro atoms. The van der Waals surface area contributed by atoms with E-state index >= 15 is 0 Å². The van der Waals surface area contributed by atoms with Gasteiger partial charge in [0.25, 0.3) is 0 Å². The van der Waals surface area contributed by atoms with E-state index in [9.17, 15) is 13.5 Å². The zero-order valence-electron chi connectivity index (χ0n) is 11.9. The van der Waals surface area contributed by atoms with Crippen molar-refractivity contribution in [2.45, 2.75) is 31.4 Å². The minimum Gasteiger partial charge on any atom is -0.392 e. The van der Waals surface area contributed by atoms with Crippen LogP contribution in [0.4, 0.5) is 0 Å². The Morgan fingerprint density at radius 2 is 2.19 bits per heavy atom. The topological polar surface area (TPSA) is 84.2 Å². The van der Waals surface area contributed by atoms with Crippen LogP contribution in [0.25, 0.3) is 0 Å². The van der Waals surface area contributed by atoms with Gasteiger partial charge in [0.15, 0.2) is 0 Å². The lowest BCUT2D eigenvalue weighted by molar-refractivity contribution is 0.280. The summed E-state index contributed by atoms with van der Waals surface area (Å²) in [5, 5.41) is 13.3. The number of sulfonamides is 1. The van der Waals surface area contributed by atoms with E-state index in [0.29, 0.717) is 25.1 Å². The van der Waals surface area contributed by atoms with E-state index in [2.05, 4.69) is 9.82 Å². The molecule has 0 fully saturated rings. The van der Waals surface area contributed by atoms with Gasteiger partial charge in [-0.05, 0) is 42.7 Å². The Morgan fingerprint density at radius 1 is 1.38 bits per heavy atom. The van der Waals surface area contributed by atoms with Gasteiger partial charge in [-0.2, -0.15) is 5.10 Å². The summed E-state index contributed by atoms with van der Waals surface area (Å²) in [5.41, 5.74) is 1.49. The van der Waals surface area contributed by atoms with Crippen LogP contribution in [0.15, 0.2) is 41.6 Å². The number of aliphatic hydroxyl groups excluding tert-OH is 1. The molecular formula is C14H19N3O3S. The first-order valence-corrected chi connectivity index (χ1v) is 8.19. The molecule has 0 radical (unpaired) electrons. The highest BCUT2D eigenvalue weighted by atomic mass is 32.2. The van der Waals surface area contributed by atoms with Crippen molar-refractivity contribution in [1.29, 1.82) is 0 Å². The van der Waals surface area contributed by atoms with Crippen LogP contribution in [0.5, 0.6) is 0 Å². The quantitative estimate of drug-likeness (QED) is 0.749. The number of nitrogens with zero attached hydrogens (tertiary/aromatic N) is 2. The number of benzene rings is 1. The lowest BCUT2D eigenvalue weighted by Gasteiger charge is -2.09. The molecule has 0 aliphatic carbocycles. The number of aryl methyl sites for hydroxylation is 2. The Balaban J connectivity index is 1.95. The van der Waals surface area contributed by atoms with E-state index in [1.54, 1.807) is 23.0 Å². The Hall–Kier alpha value is -1.70. The fraction of sp³-hybridized carbons (Fsp3) is 0.357. The Kier molecular flexibility index (Phi) is 5.11. The number of hydrogen-bond acceptors (Lipinski definition) is 4. The maximum Gasteiger partial charge on any atom is 0.240 e. The second-order valence-corrected chi connectivity index (χ2v) is 6.53. The number of aliphatic hydroxyl groups is 1. The zero-order valence-corrected chi connectivity index (χ0v) is 12.7. The van der Waals surface area contributed by atoms with Gasteiger partial charge in [0.05, 0.1) is 11.5 Å². The van der Waals surface area contributed by atoms with Gasteiger partial charge in [-0.25, -0.2) is 13.1 Å². The lowest BCUT2D eigenvalue weighted by Crippen LogP contribution is -2.25. The van der Waals surface area contributed by atoms with Crippen LogP contribution in [-0.2, 0) is 23.2 Å². The molecule has 1 aromatic heterocycles. The molecule has 2 rings (SSSR count). The van der Waals surface area contributed by atoms with Crippen LogP contribution < -0.4 is 4.72 Å².